The van der Waals surface area contributed by atoms with Gasteiger partial charge in [0.05, 0.1) is 9.92 Å². The SMILES string of the molecule is O=C(NCC(F)(F)F)C1CCN(S(=O)(=O)c2ccc(F)c(Cl)c2)CC1. The molecule has 1 aromatic rings. The number of carbonyl (C=O) groups is 1. The van der Waals surface area contributed by atoms with Crippen LogP contribution in [0.2, 0.25) is 5.02 Å². The first-order valence-electron chi connectivity index (χ1n) is 7.30. The van der Waals surface area contributed by atoms with Gasteiger partial charge in [-0.15, -0.1) is 0 Å². The Morgan fingerprint density at radius 3 is 2.40 bits per heavy atom. The number of sulfonamides is 1. The summed E-state index contributed by atoms with van der Waals surface area (Å²) >= 11 is 5.59. The summed E-state index contributed by atoms with van der Waals surface area (Å²) in [5.41, 5.74) is 0. The van der Waals surface area contributed by atoms with Crippen LogP contribution in [0.3, 0.4) is 0 Å². The number of hydrogen-bond donors (Lipinski definition) is 1. The van der Waals surface area contributed by atoms with Crippen LogP contribution in [0.15, 0.2) is 23.1 Å². The summed E-state index contributed by atoms with van der Waals surface area (Å²) in [5, 5.41) is 1.47. The molecule has 1 heterocycles. The van der Waals surface area contributed by atoms with Crippen molar-refractivity contribution in [2.45, 2.75) is 23.9 Å². The highest BCUT2D eigenvalue weighted by Gasteiger charge is 2.34. The molecule has 25 heavy (non-hydrogen) atoms. The van der Waals surface area contributed by atoms with Crippen LogP contribution < -0.4 is 5.32 Å². The topological polar surface area (TPSA) is 66.5 Å². The van der Waals surface area contributed by atoms with Gasteiger partial charge in [0.1, 0.15) is 12.4 Å². The van der Waals surface area contributed by atoms with E-state index in [0.717, 1.165) is 22.5 Å². The number of benzene rings is 1. The predicted octanol–water partition coefficient (Wildman–Crippen LogP) is 2.56. The Hall–Kier alpha value is -1.39. The van der Waals surface area contributed by atoms with Crippen LogP contribution in [-0.2, 0) is 14.8 Å². The number of halogens is 5. The normalized spacial score (nSPS) is 17.5. The van der Waals surface area contributed by atoms with Crippen molar-refractivity contribution in [3.63, 3.8) is 0 Å². The third kappa shape index (κ3) is 5.05. The van der Waals surface area contributed by atoms with Gasteiger partial charge in [0, 0.05) is 19.0 Å². The first kappa shape index (κ1) is 19.9. The van der Waals surface area contributed by atoms with E-state index in [1.54, 1.807) is 5.32 Å². The minimum atomic E-state index is -4.50. The van der Waals surface area contributed by atoms with E-state index in [0.29, 0.717) is 0 Å². The first-order chi connectivity index (χ1) is 11.5. The van der Waals surface area contributed by atoms with Gasteiger partial charge < -0.3 is 5.32 Å². The summed E-state index contributed by atoms with van der Waals surface area (Å²) in [6.45, 7) is -1.47. The highest BCUT2D eigenvalue weighted by Crippen LogP contribution is 2.26. The van der Waals surface area contributed by atoms with Crippen molar-refractivity contribution in [3.05, 3.63) is 29.0 Å². The number of alkyl halides is 3. The Morgan fingerprint density at radius 2 is 1.88 bits per heavy atom. The van der Waals surface area contributed by atoms with Crippen molar-refractivity contribution < 1.29 is 30.8 Å². The Labute approximate surface area is 147 Å². The molecule has 2 rings (SSSR count). The van der Waals surface area contributed by atoms with E-state index < -0.39 is 40.4 Å². The maximum absolute atomic E-state index is 13.2. The maximum Gasteiger partial charge on any atom is 0.405 e. The third-order valence-electron chi connectivity index (χ3n) is 3.82. The highest BCUT2D eigenvalue weighted by molar-refractivity contribution is 7.89. The van der Waals surface area contributed by atoms with Gasteiger partial charge in [-0.3, -0.25) is 4.79 Å². The highest BCUT2D eigenvalue weighted by atomic mass is 35.5. The minimum absolute atomic E-state index is 0.0264. The molecule has 0 bridgehead atoms. The van der Waals surface area contributed by atoms with Crippen molar-refractivity contribution in [2.24, 2.45) is 5.92 Å². The lowest BCUT2D eigenvalue weighted by atomic mass is 9.97. The number of hydrogen-bond acceptors (Lipinski definition) is 3. The van der Waals surface area contributed by atoms with Gasteiger partial charge in [-0.2, -0.15) is 17.5 Å². The molecule has 0 aromatic heterocycles. The molecule has 11 heteroatoms. The molecule has 1 amide bonds. The number of nitrogens with one attached hydrogen (secondary N) is 1. The van der Waals surface area contributed by atoms with Gasteiger partial charge in [0.2, 0.25) is 15.9 Å². The zero-order valence-corrected chi connectivity index (χ0v) is 14.4. The first-order valence-corrected chi connectivity index (χ1v) is 9.12. The van der Waals surface area contributed by atoms with Gasteiger partial charge in [0.25, 0.3) is 0 Å². The van der Waals surface area contributed by atoms with Crippen molar-refractivity contribution in [3.8, 4) is 0 Å². The Bertz CT molecular complexity index is 747. The third-order valence-corrected chi connectivity index (χ3v) is 6.00. The van der Waals surface area contributed by atoms with Gasteiger partial charge in [-0.1, -0.05) is 11.6 Å². The quantitative estimate of drug-likeness (QED) is 0.787. The molecule has 0 unspecified atom stereocenters. The van der Waals surface area contributed by atoms with Crippen LogP contribution in [0.4, 0.5) is 17.6 Å². The fourth-order valence-electron chi connectivity index (χ4n) is 2.48. The van der Waals surface area contributed by atoms with Crippen LogP contribution in [0.25, 0.3) is 0 Å². The second-order valence-electron chi connectivity index (χ2n) is 5.59. The molecule has 1 aliphatic rings. The zero-order valence-electron chi connectivity index (χ0n) is 12.8. The van der Waals surface area contributed by atoms with E-state index in [1.165, 1.54) is 0 Å². The lowest BCUT2D eigenvalue weighted by Gasteiger charge is -2.30. The van der Waals surface area contributed by atoms with Crippen LogP contribution >= 0.6 is 11.6 Å². The summed E-state index contributed by atoms with van der Waals surface area (Å²) in [4.78, 5) is 11.5. The van der Waals surface area contributed by atoms with E-state index in [9.17, 15) is 30.8 Å². The lowest BCUT2D eigenvalue weighted by Crippen LogP contribution is -2.44. The average Bonchev–Trinajstić information content (AvgIpc) is 2.54. The standard InChI is InChI=1S/C14H15ClF4N2O3S/c15-11-7-10(1-2-12(11)16)25(23,24)21-5-3-9(4-6-21)13(22)20-8-14(17,18)19/h1-2,7,9H,3-6,8H2,(H,20,22). The molecule has 0 spiro atoms. The molecular formula is C14H15ClF4N2O3S. The molecule has 1 fully saturated rings. The number of amides is 1. The zero-order chi connectivity index (χ0) is 18.8. The molecule has 140 valence electrons. The van der Waals surface area contributed by atoms with E-state index >= 15 is 0 Å². The van der Waals surface area contributed by atoms with Gasteiger partial charge in [-0.25, -0.2) is 12.8 Å². The lowest BCUT2D eigenvalue weighted by molar-refractivity contribution is -0.141. The average molecular weight is 403 g/mol. The van der Waals surface area contributed by atoms with Crippen molar-refractivity contribution >= 4 is 27.5 Å². The molecule has 0 aliphatic carbocycles. The number of piperidine rings is 1. The predicted molar refractivity (Wildman–Crippen MR) is 82.0 cm³/mol. The molecule has 1 saturated heterocycles. The molecule has 1 aromatic carbocycles. The monoisotopic (exact) mass is 402 g/mol. The summed E-state index contributed by atoms with van der Waals surface area (Å²) < 4.78 is 75.6. The Morgan fingerprint density at radius 1 is 1.28 bits per heavy atom. The fourth-order valence-corrected chi connectivity index (χ4v) is 4.22. The Kier molecular flexibility index (Phi) is 5.95. The van der Waals surface area contributed by atoms with Crippen molar-refractivity contribution in [1.29, 1.82) is 0 Å². The second-order valence-corrected chi connectivity index (χ2v) is 7.93. The van der Waals surface area contributed by atoms with E-state index in [1.807, 2.05) is 0 Å². The molecular weight excluding hydrogens is 388 g/mol. The molecule has 0 radical (unpaired) electrons. The van der Waals surface area contributed by atoms with Gasteiger partial charge >= 0.3 is 6.18 Å². The molecule has 0 atom stereocenters. The van der Waals surface area contributed by atoms with Crippen molar-refractivity contribution in [2.75, 3.05) is 19.6 Å². The van der Waals surface area contributed by atoms with Crippen LogP contribution in [-0.4, -0.2) is 44.4 Å². The van der Waals surface area contributed by atoms with Crippen molar-refractivity contribution in [1.82, 2.24) is 9.62 Å². The number of rotatable bonds is 4. The number of carbonyl (C=O) groups excluding carboxylic acids is 1. The summed E-state index contributed by atoms with van der Waals surface area (Å²) in [6, 6.07) is 3.01. The number of nitrogens with zero attached hydrogens (tertiary/aromatic N) is 1. The van der Waals surface area contributed by atoms with E-state index in [2.05, 4.69) is 0 Å². The molecule has 5 nitrogen and oxygen atoms in total. The van der Waals surface area contributed by atoms with E-state index in [-0.39, 0.29) is 35.8 Å². The second kappa shape index (κ2) is 7.46. The summed E-state index contributed by atoms with van der Waals surface area (Å²) in [5.74, 6) is -2.19. The van der Waals surface area contributed by atoms with Crippen LogP contribution in [0, 0.1) is 11.7 Å². The fraction of sp³-hybridized carbons (Fsp3) is 0.500. The minimum Gasteiger partial charge on any atom is -0.347 e. The Balaban J connectivity index is 1.99. The molecule has 1 N–H and O–H groups in total. The summed E-state index contributed by atoms with van der Waals surface area (Å²) in [6.07, 6.45) is -4.31. The van der Waals surface area contributed by atoms with Gasteiger partial charge in [0.15, 0.2) is 0 Å². The summed E-state index contributed by atoms with van der Waals surface area (Å²) in [7, 11) is -3.92. The largest absolute Gasteiger partial charge is 0.405 e. The maximum atomic E-state index is 13.2. The van der Waals surface area contributed by atoms with Crippen LogP contribution in [0.5, 0.6) is 0 Å². The smallest absolute Gasteiger partial charge is 0.347 e. The molecule has 1 aliphatic heterocycles. The van der Waals surface area contributed by atoms with Gasteiger partial charge in [-0.05, 0) is 31.0 Å². The van der Waals surface area contributed by atoms with Crippen LogP contribution in [0.1, 0.15) is 12.8 Å². The van der Waals surface area contributed by atoms with E-state index in [4.69, 9.17) is 11.6 Å². The molecule has 0 saturated carbocycles.